The predicted molar refractivity (Wildman–Crippen MR) is 71.1 cm³/mol. The van der Waals surface area contributed by atoms with Crippen LogP contribution in [0, 0.1) is 0 Å². The molecule has 2 N–H and O–H groups in total. The Kier molecular flexibility index (Phi) is 6.83. The Labute approximate surface area is 114 Å². The van der Waals surface area contributed by atoms with Crippen LogP contribution >= 0.6 is 0 Å². The monoisotopic (exact) mass is 275 g/mol. The molecule has 0 fully saturated rings. The average Bonchev–Trinajstić information content (AvgIpc) is 2.11. The molecule has 0 saturated carbocycles. The van der Waals surface area contributed by atoms with Gasteiger partial charge in [0.15, 0.2) is 0 Å². The Bertz CT molecular complexity index is 307. The molecule has 0 aliphatic rings. The largest absolute Gasteiger partial charge is 0.481 e. The first-order valence-corrected chi connectivity index (χ1v) is 6.32. The van der Waals surface area contributed by atoms with E-state index < -0.39 is 23.2 Å². The molecule has 112 valence electrons. The molecule has 1 amide bonds. The maximum absolute atomic E-state index is 11.6. The topological polar surface area (TPSA) is 84.9 Å². The van der Waals surface area contributed by atoms with Crippen LogP contribution in [0.4, 0.5) is 4.79 Å². The minimum absolute atomic E-state index is 0.0833. The SMILES string of the molecule is CC(C)(COCCCC(=O)O)NC(=O)OC(C)(C)C. The van der Waals surface area contributed by atoms with Gasteiger partial charge in [0, 0.05) is 13.0 Å². The summed E-state index contributed by atoms with van der Waals surface area (Å²) in [6.07, 6.45) is 0.0456. The molecule has 0 aromatic rings. The highest BCUT2D eigenvalue weighted by atomic mass is 16.6. The molecule has 0 aromatic carbocycles. The Balaban J connectivity index is 3.91. The lowest BCUT2D eigenvalue weighted by atomic mass is 10.1. The molecule has 0 aromatic heterocycles. The van der Waals surface area contributed by atoms with Gasteiger partial charge >= 0.3 is 12.1 Å². The summed E-state index contributed by atoms with van der Waals surface area (Å²) in [5.74, 6) is -0.838. The smallest absolute Gasteiger partial charge is 0.408 e. The number of aliphatic carboxylic acids is 1. The van der Waals surface area contributed by atoms with Crippen LogP contribution in [0.15, 0.2) is 0 Å². The van der Waals surface area contributed by atoms with Gasteiger partial charge in [0.25, 0.3) is 0 Å². The number of carbonyl (C=O) groups excluding carboxylic acids is 1. The number of hydrogen-bond acceptors (Lipinski definition) is 4. The summed E-state index contributed by atoms with van der Waals surface area (Å²) in [5, 5.41) is 11.2. The molecule has 0 aliphatic carbocycles. The van der Waals surface area contributed by atoms with Crippen molar-refractivity contribution >= 4 is 12.1 Å². The minimum Gasteiger partial charge on any atom is -0.481 e. The van der Waals surface area contributed by atoms with Crippen LogP contribution in [0.2, 0.25) is 0 Å². The number of nitrogens with one attached hydrogen (secondary N) is 1. The van der Waals surface area contributed by atoms with Gasteiger partial charge in [-0.25, -0.2) is 4.79 Å². The Morgan fingerprint density at radius 1 is 1.16 bits per heavy atom. The highest BCUT2D eigenvalue weighted by Gasteiger charge is 2.24. The normalized spacial score (nSPS) is 12.1. The number of rotatable bonds is 7. The Morgan fingerprint density at radius 3 is 2.21 bits per heavy atom. The molecule has 0 rings (SSSR count). The predicted octanol–water partition coefficient (Wildman–Crippen LogP) is 2.17. The number of alkyl carbamates (subject to hydrolysis) is 1. The number of hydrogen-bond donors (Lipinski definition) is 2. The van der Waals surface area contributed by atoms with Crippen molar-refractivity contribution in [2.24, 2.45) is 0 Å². The van der Waals surface area contributed by atoms with Crippen molar-refractivity contribution in [2.45, 2.75) is 58.6 Å². The van der Waals surface area contributed by atoms with E-state index in [0.717, 1.165) is 0 Å². The van der Waals surface area contributed by atoms with E-state index in [1.165, 1.54) is 0 Å². The zero-order chi connectivity index (χ0) is 15.1. The van der Waals surface area contributed by atoms with Crippen LogP contribution in [0.3, 0.4) is 0 Å². The molecule has 0 heterocycles. The molecule has 19 heavy (non-hydrogen) atoms. The molecule has 0 saturated heterocycles. The number of amides is 1. The maximum Gasteiger partial charge on any atom is 0.408 e. The summed E-state index contributed by atoms with van der Waals surface area (Å²) in [5.41, 5.74) is -1.10. The Hall–Kier alpha value is -1.30. The van der Waals surface area contributed by atoms with Crippen molar-refractivity contribution < 1.29 is 24.2 Å². The Morgan fingerprint density at radius 2 is 1.74 bits per heavy atom. The molecular formula is C13H25NO5. The van der Waals surface area contributed by atoms with E-state index in [-0.39, 0.29) is 6.42 Å². The number of carboxylic acid groups (broad SMARTS) is 1. The molecule has 6 heteroatoms. The first-order chi connectivity index (χ1) is 8.52. The van der Waals surface area contributed by atoms with Crippen molar-refractivity contribution in [3.8, 4) is 0 Å². The van der Waals surface area contributed by atoms with Crippen LogP contribution in [0.5, 0.6) is 0 Å². The van der Waals surface area contributed by atoms with Gasteiger partial charge in [0.05, 0.1) is 12.1 Å². The van der Waals surface area contributed by atoms with Crippen molar-refractivity contribution in [1.29, 1.82) is 0 Å². The van der Waals surface area contributed by atoms with E-state index in [1.807, 2.05) is 13.8 Å². The lowest BCUT2D eigenvalue weighted by molar-refractivity contribution is -0.137. The number of carboxylic acids is 1. The molecule has 0 spiro atoms. The second-order valence-corrected chi connectivity index (χ2v) is 6.06. The van der Waals surface area contributed by atoms with Gasteiger partial charge in [-0.05, 0) is 41.0 Å². The summed E-state index contributed by atoms with van der Waals surface area (Å²) in [4.78, 5) is 21.9. The van der Waals surface area contributed by atoms with Crippen LogP contribution in [0.1, 0.15) is 47.5 Å². The second-order valence-electron chi connectivity index (χ2n) is 6.06. The minimum atomic E-state index is -0.838. The fraction of sp³-hybridized carbons (Fsp3) is 0.846. The molecule has 6 nitrogen and oxygen atoms in total. The molecule has 0 radical (unpaired) electrons. The van der Waals surface area contributed by atoms with Crippen LogP contribution in [-0.4, -0.2) is 41.5 Å². The van der Waals surface area contributed by atoms with Gasteiger partial charge in [-0.1, -0.05) is 0 Å². The summed E-state index contributed by atoms with van der Waals surface area (Å²) >= 11 is 0. The lowest BCUT2D eigenvalue weighted by Gasteiger charge is -2.28. The summed E-state index contributed by atoms with van der Waals surface area (Å²) in [6, 6.07) is 0. The highest BCUT2D eigenvalue weighted by Crippen LogP contribution is 2.10. The van der Waals surface area contributed by atoms with Crippen molar-refractivity contribution in [3.05, 3.63) is 0 Å². The quantitative estimate of drug-likeness (QED) is 0.695. The van der Waals surface area contributed by atoms with Gasteiger partial charge in [0.1, 0.15) is 5.60 Å². The van der Waals surface area contributed by atoms with Gasteiger partial charge in [-0.15, -0.1) is 0 Å². The van der Waals surface area contributed by atoms with Gasteiger partial charge in [-0.2, -0.15) is 0 Å². The van der Waals surface area contributed by atoms with Gasteiger partial charge in [-0.3, -0.25) is 4.79 Å². The second kappa shape index (κ2) is 7.33. The third kappa shape index (κ3) is 11.5. The lowest BCUT2D eigenvalue weighted by Crippen LogP contribution is -2.48. The molecule has 0 aliphatic heterocycles. The zero-order valence-electron chi connectivity index (χ0n) is 12.4. The first-order valence-electron chi connectivity index (χ1n) is 6.32. The standard InChI is InChI=1S/C13H25NO5/c1-12(2,3)19-11(17)14-13(4,5)9-18-8-6-7-10(15)16/h6-9H2,1-5H3,(H,14,17)(H,15,16). The van der Waals surface area contributed by atoms with Crippen molar-refractivity contribution in [2.75, 3.05) is 13.2 Å². The molecule has 0 bridgehead atoms. The maximum atomic E-state index is 11.6. The van der Waals surface area contributed by atoms with Crippen molar-refractivity contribution in [3.63, 3.8) is 0 Å². The van der Waals surface area contributed by atoms with Gasteiger partial charge in [0.2, 0.25) is 0 Å². The van der Waals surface area contributed by atoms with Crippen LogP contribution in [-0.2, 0) is 14.3 Å². The summed E-state index contributed by atoms with van der Waals surface area (Å²) in [6.45, 7) is 9.66. The average molecular weight is 275 g/mol. The zero-order valence-corrected chi connectivity index (χ0v) is 12.4. The van der Waals surface area contributed by atoms with Gasteiger partial charge < -0.3 is 19.9 Å². The van der Waals surface area contributed by atoms with E-state index >= 15 is 0 Å². The van der Waals surface area contributed by atoms with E-state index in [2.05, 4.69) is 5.32 Å². The number of carbonyl (C=O) groups is 2. The van der Waals surface area contributed by atoms with E-state index in [4.69, 9.17) is 14.6 Å². The molecular weight excluding hydrogens is 250 g/mol. The molecule has 0 atom stereocenters. The fourth-order valence-electron chi connectivity index (χ4n) is 1.27. The summed E-state index contributed by atoms with van der Waals surface area (Å²) in [7, 11) is 0. The third-order valence-electron chi connectivity index (χ3n) is 1.98. The fourth-order valence-corrected chi connectivity index (χ4v) is 1.27. The van der Waals surface area contributed by atoms with E-state index in [9.17, 15) is 9.59 Å². The number of ether oxygens (including phenoxy) is 2. The highest BCUT2D eigenvalue weighted by molar-refractivity contribution is 5.68. The van der Waals surface area contributed by atoms with Crippen molar-refractivity contribution in [1.82, 2.24) is 5.32 Å². The molecule has 0 unspecified atom stereocenters. The van der Waals surface area contributed by atoms with Crippen LogP contribution in [0.25, 0.3) is 0 Å². The van der Waals surface area contributed by atoms with E-state index in [0.29, 0.717) is 19.6 Å². The summed E-state index contributed by atoms with van der Waals surface area (Å²) < 4.78 is 10.5. The third-order valence-corrected chi connectivity index (χ3v) is 1.98. The first kappa shape index (κ1) is 17.7. The van der Waals surface area contributed by atoms with Crippen LogP contribution < -0.4 is 5.32 Å². The van der Waals surface area contributed by atoms with E-state index in [1.54, 1.807) is 20.8 Å².